The number of nitrogens with one attached hydrogen (secondary N) is 1. The number of aryl methyl sites for hydroxylation is 1. The molecule has 1 aromatic rings. The SMILES string of the molecule is Fc1cccc(CCC2=CCNC2)c1. The second-order valence-electron chi connectivity index (χ2n) is 3.62. The largest absolute Gasteiger partial charge is 0.310 e. The molecule has 1 aliphatic rings. The minimum absolute atomic E-state index is 0.138. The lowest BCUT2D eigenvalue weighted by Gasteiger charge is -2.02. The molecule has 0 radical (unpaired) electrons. The molecule has 0 saturated carbocycles. The molecule has 0 amide bonds. The quantitative estimate of drug-likeness (QED) is 0.723. The van der Waals surface area contributed by atoms with Gasteiger partial charge in [-0.05, 0) is 30.5 Å². The minimum Gasteiger partial charge on any atom is -0.310 e. The Labute approximate surface area is 83.6 Å². The van der Waals surface area contributed by atoms with E-state index in [0.717, 1.165) is 31.5 Å². The van der Waals surface area contributed by atoms with Crippen LogP contribution in [0.2, 0.25) is 0 Å². The molecule has 14 heavy (non-hydrogen) atoms. The van der Waals surface area contributed by atoms with E-state index >= 15 is 0 Å². The highest BCUT2D eigenvalue weighted by Crippen LogP contribution is 2.11. The molecular formula is C12H14FN. The van der Waals surface area contributed by atoms with Crippen molar-refractivity contribution in [3.8, 4) is 0 Å². The summed E-state index contributed by atoms with van der Waals surface area (Å²) in [5.74, 6) is -0.138. The van der Waals surface area contributed by atoms with E-state index in [2.05, 4.69) is 11.4 Å². The Bertz CT molecular complexity index is 344. The van der Waals surface area contributed by atoms with E-state index in [1.165, 1.54) is 11.6 Å². The lowest BCUT2D eigenvalue weighted by Crippen LogP contribution is -2.08. The zero-order valence-corrected chi connectivity index (χ0v) is 8.09. The van der Waals surface area contributed by atoms with Crippen LogP contribution in [0, 0.1) is 5.82 Å². The van der Waals surface area contributed by atoms with Crippen molar-refractivity contribution in [1.29, 1.82) is 0 Å². The third-order valence-corrected chi connectivity index (χ3v) is 2.51. The maximum atomic E-state index is 12.8. The van der Waals surface area contributed by atoms with E-state index in [-0.39, 0.29) is 5.82 Å². The molecule has 74 valence electrons. The van der Waals surface area contributed by atoms with Crippen molar-refractivity contribution >= 4 is 0 Å². The number of benzene rings is 1. The number of halogens is 1. The first-order valence-electron chi connectivity index (χ1n) is 4.98. The highest BCUT2D eigenvalue weighted by Gasteiger charge is 2.03. The minimum atomic E-state index is -0.138. The maximum absolute atomic E-state index is 12.8. The molecule has 0 aliphatic carbocycles. The molecule has 0 bridgehead atoms. The van der Waals surface area contributed by atoms with E-state index in [9.17, 15) is 4.39 Å². The van der Waals surface area contributed by atoms with Crippen LogP contribution in [0.3, 0.4) is 0 Å². The molecule has 1 aromatic carbocycles. The summed E-state index contributed by atoms with van der Waals surface area (Å²) in [6.07, 6.45) is 4.20. The fourth-order valence-corrected chi connectivity index (χ4v) is 1.71. The first kappa shape index (κ1) is 9.41. The average Bonchev–Trinajstić information content (AvgIpc) is 2.67. The summed E-state index contributed by atoms with van der Waals surface area (Å²) >= 11 is 0. The van der Waals surface area contributed by atoms with Gasteiger partial charge in [0.05, 0.1) is 0 Å². The molecule has 0 saturated heterocycles. The third-order valence-electron chi connectivity index (χ3n) is 2.51. The summed E-state index contributed by atoms with van der Waals surface area (Å²) in [7, 11) is 0. The van der Waals surface area contributed by atoms with Gasteiger partial charge in [0, 0.05) is 13.1 Å². The molecule has 1 N–H and O–H groups in total. The van der Waals surface area contributed by atoms with Crippen molar-refractivity contribution in [3.05, 3.63) is 47.3 Å². The van der Waals surface area contributed by atoms with Crippen molar-refractivity contribution in [2.24, 2.45) is 0 Å². The molecular weight excluding hydrogens is 177 g/mol. The topological polar surface area (TPSA) is 12.0 Å². The Kier molecular flexibility index (Phi) is 2.94. The average molecular weight is 191 g/mol. The first-order chi connectivity index (χ1) is 6.84. The van der Waals surface area contributed by atoms with Gasteiger partial charge in [-0.25, -0.2) is 4.39 Å². The molecule has 0 unspecified atom stereocenters. The lowest BCUT2D eigenvalue weighted by molar-refractivity contribution is 0.625. The van der Waals surface area contributed by atoms with E-state index in [4.69, 9.17) is 0 Å². The van der Waals surface area contributed by atoms with Gasteiger partial charge in [0.25, 0.3) is 0 Å². The van der Waals surface area contributed by atoms with Crippen LogP contribution < -0.4 is 5.32 Å². The predicted octanol–water partition coefficient (Wildman–Crippen LogP) is 2.29. The molecule has 0 spiro atoms. The van der Waals surface area contributed by atoms with Gasteiger partial charge in [-0.15, -0.1) is 0 Å². The van der Waals surface area contributed by atoms with Crippen LogP contribution in [-0.2, 0) is 6.42 Å². The maximum Gasteiger partial charge on any atom is 0.123 e. The Morgan fingerprint density at radius 3 is 2.93 bits per heavy atom. The lowest BCUT2D eigenvalue weighted by atomic mass is 10.1. The molecule has 0 fully saturated rings. The summed E-state index contributed by atoms with van der Waals surface area (Å²) in [5, 5.41) is 3.25. The van der Waals surface area contributed by atoms with Gasteiger partial charge in [0.2, 0.25) is 0 Å². The summed E-state index contributed by atoms with van der Waals surface area (Å²) in [4.78, 5) is 0. The van der Waals surface area contributed by atoms with Crippen LogP contribution in [0.1, 0.15) is 12.0 Å². The van der Waals surface area contributed by atoms with E-state index in [1.54, 1.807) is 12.1 Å². The molecule has 0 aromatic heterocycles. The highest BCUT2D eigenvalue weighted by atomic mass is 19.1. The highest BCUT2D eigenvalue weighted by molar-refractivity contribution is 5.19. The second kappa shape index (κ2) is 4.38. The molecule has 0 atom stereocenters. The Morgan fingerprint density at radius 2 is 2.21 bits per heavy atom. The first-order valence-corrected chi connectivity index (χ1v) is 4.98. The number of hydrogen-bond donors (Lipinski definition) is 1. The van der Waals surface area contributed by atoms with Crippen molar-refractivity contribution < 1.29 is 4.39 Å². The van der Waals surface area contributed by atoms with E-state index in [1.807, 2.05) is 6.07 Å². The zero-order chi connectivity index (χ0) is 9.80. The smallest absolute Gasteiger partial charge is 0.123 e. The van der Waals surface area contributed by atoms with Crippen LogP contribution in [0.15, 0.2) is 35.9 Å². The molecule has 1 nitrogen and oxygen atoms in total. The Balaban J connectivity index is 1.91. The zero-order valence-electron chi connectivity index (χ0n) is 8.09. The Morgan fingerprint density at radius 1 is 1.29 bits per heavy atom. The van der Waals surface area contributed by atoms with Crippen molar-refractivity contribution in [2.75, 3.05) is 13.1 Å². The van der Waals surface area contributed by atoms with Crippen LogP contribution in [-0.4, -0.2) is 13.1 Å². The van der Waals surface area contributed by atoms with Crippen LogP contribution in [0.25, 0.3) is 0 Å². The summed E-state index contributed by atoms with van der Waals surface area (Å²) in [5.41, 5.74) is 2.52. The van der Waals surface area contributed by atoms with Crippen molar-refractivity contribution in [2.45, 2.75) is 12.8 Å². The molecule has 1 heterocycles. The van der Waals surface area contributed by atoms with Crippen molar-refractivity contribution in [3.63, 3.8) is 0 Å². The van der Waals surface area contributed by atoms with Gasteiger partial charge in [-0.2, -0.15) is 0 Å². The van der Waals surface area contributed by atoms with Gasteiger partial charge in [-0.3, -0.25) is 0 Å². The standard InChI is InChI=1S/C12H14FN/c13-12-3-1-2-10(8-12)4-5-11-6-7-14-9-11/h1-3,6,8,14H,4-5,7,9H2. The van der Waals surface area contributed by atoms with Gasteiger partial charge < -0.3 is 5.32 Å². The van der Waals surface area contributed by atoms with E-state index < -0.39 is 0 Å². The number of hydrogen-bond acceptors (Lipinski definition) is 1. The molecule has 1 aliphatic heterocycles. The van der Waals surface area contributed by atoms with Gasteiger partial charge >= 0.3 is 0 Å². The molecule has 2 rings (SSSR count). The monoisotopic (exact) mass is 191 g/mol. The van der Waals surface area contributed by atoms with Gasteiger partial charge in [0.15, 0.2) is 0 Å². The predicted molar refractivity (Wildman–Crippen MR) is 55.7 cm³/mol. The van der Waals surface area contributed by atoms with Crippen LogP contribution in [0.5, 0.6) is 0 Å². The van der Waals surface area contributed by atoms with Crippen molar-refractivity contribution in [1.82, 2.24) is 5.32 Å². The van der Waals surface area contributed by atoms with Crippen LogP contribution >= 0.6 is 0 Å². The summed E-state index contributed by atoms with van der Waals surface area (Å²) < 4.78 is 12.8. The van der Waals surface area contributed by atoms with Gasteiger partial charge in [0.1, 0.15) is 5.82 Å². The number of rotatable bonds is 3. The van der Waals surface area contributed by atoms with Crippen LogP contribution in [0.4, 0.5) is 4.39 Å². The van der Waals surface area contributed by atoms with E-state index in [0.29, 0.717) is 0 Å². The summed E-state index contributed by atoms with van der Waals surface area (Å²) in [6.45, 7) is 1.98. The molecule has 2 heteroatoms. The fraction of sp³-hybridized carbons (Fsp3) is 0.333. The second-order valence-corrected chi connectivity index (χ2v) is 3.62. The normalized spacial score (nSPS) is 15.6. The Hall–Kier alpha value is -1.15. The van der Waals surface area contributed by atoms with Gasteiger partial charge in [-0.1, -0.05) is 23.8 Å². The summed E-state index contributed by atoms with van der Waals surface area (Å²) in [6, 6.07) is 6.85. The fourth-order valence-electron chi connectivity index (χ4n) is 1.71. The third kappa shape index (κ3) is 2.42.